The number of ether oxygens (including phenoxy) is 2. The number of nitrogens with one attached hydrogen (secondary N) is 1. The lowest BCUT2D eigenvalue weighted by Crippen LogP contribution is -2.25. The Labute approximate surface area is 190 Å². The van der Waals surface area contributed by atoms with Crippen LogP contribution in [0.3, 0.4) is 0 Å². The molecule has 4 aromatic rings. The lowest BCUT2D eigenvalue weighted by Gasteiger charge is -2.18. The third-order valence-electron chi connectivity index (χ3n) is 4.80. The van der Waals surface area contributed by atoms with Gasteiger partial charge in [0, 0.05) is 23.7 Å². The second-order valence-electron chi connectivity index (χ2n) is 6.88. The first-order chi connectivity index (χ1) is 15.2. The minimum absolute atomic E-state index is 0.468. The van der Waals surface area contributed by atoms with Crippen LogP contribution in [0.4, 0.5) is 0 Å². The summed E-state index contributed by atoms with van der Waals surface area (Å²) in [4.78, 5) is 10.5. The van der Waals surface area contributed by atoms with Gasteiger partial charge < -0.3 is 9.47 Å². The van der Waals surface area contributed by atoms with Crippen LogP contribution in [-0.2, 0) is 11.0 Å². The van der Waals surface area contributed by atoms with E-state index in [-0.39, 0.29) is 0 Å². The molecule has 0 fully saturated rings. The zero-order valence-corrected chi connectivity index (χ0v) is 18.7. The van der Waals surface area contributed by atoms with Gasteiger partial charge in [0.2, 0.25) is 0 Å². The van der Waals surface area contributed by atoms with E-state index in [1.807, 2.05) is 36.4 Å². The molecule has 6 nitrogen and oxygen atoms in total. The minimum atomic E-state index is -1.55. The molecule has 0 radical (unpaired) electrons. The van der Waals surface area contributed by atoms with Gasteiger partial charge >= 0.3 is 0 Å². The van der Waals surface area contributed by atoms with E-state index in [0.29, 0.717) is 34.6 Å². The molecular weight excluding hydrogens is 454 g/mol. The van der Waals surface area contributed by atoms with Gasteiger partial charge in [-0.1, -0.05) is 41.1 Å². The number of nitrogens with zero attached hydrogens (tertiary/aromatic N) is 2. The highest BCUT2D eigenvalue weighted by molar-refractivity contribution is 7.83. The minimum Gasteiger partial charge on any atom is -0.490 e. The van der Waals surface area contributed by atoms with Crippen molar-refractivity contribution in [2.45, 2.75) is 17.4 Å². The Morgan fingerprint density at radius 1 is 1.06 bits per heavy atom. The second kappa shape index (κ2) is 8.92. The molecular formula is C22H18ClN3O3S2. The summed E-state index contributed by atoms with van der Waals surface area (Å²) < 4.78 is 27.9. The largest absolute Gasteiger partial charge is 0.490 e. The predicted molar refractivity (Wildman–Crippen MR) is 122 cm³/mol. The third-order valence-corrected chi connectivity index (χ3v) is 7.32. The van der Waals surface area contributed by atoms with Gasteiger partial charge in [0.1, 0.15) is 26.3 Å². The number of hydrogen-bond donors (Lipinski definition) is 1. The highest BCUT2D eigenvalue weighted by Gasteiger charge is 2.24. The molecule has 0 spiro atoms. The summed E-state index contributed by atoms with van der Waals surface area (Å²) in [5.41, 5.74) is 1.59. The Bertz CT molecular complexity index is 1230. The van der Waals surface area contributed by atoms with Gasteiger partial charge in [0.15, 0.2) is 11.5 Å². The monoisotopic (exact) mass is 471 g/mol. The topological polar surface area (TPSA) is 73.3 Å². The van der Waals surface area contributed by atoms with E-state index >= 15 is 0 Å². The van der Waals surface area contributed by atoms with Crippen molar-refractivity contribution < 1.29 is 13.7 Å². The van der Waals surface area contributed by atoms with E-state index in [4.69, 9.17) is 26.1 Å². The molecule has 2 unspecified atom stereocenters. The first kappa shape index (κ1) is 20.4. The summed E-state index contributed by atoms with van der Waals surface area (Å²) in [6.07, 6.45) is 2.55. The fraction of sp³-hybridized carbons (Fsp3) is 0.182. The van der Waals surface area contributed by atoms with Crippen LogP contribution in [0.15, 0.2) is 65.7 Å². The van der Waals surface area contributed by atoms with Crippen molar-refractivity contribution in [2.75, 3.05) is 13.2 Å². The average Bonchev–Trinajstić information content (AvgIpc) is 3.08. The van der Waals surface area contributed by atoms with Crippen molar-refractivity contribution >= 4 is 44.3 Å². The van der Waals surface area contributed by atoms with Gasteiger partial charge in [-0.25, -0.2) is 18.9 Å². The standard InChI is InChI=1S/C22H18ClN3O3S2/c23-16-6-2-1-5-15(16)20(22-25-17-7-3-10-24-21(17)30-22)26-31(27)14-8-9-18-19(13-14)29-12-4-11-28-18/h1-3,5-10,13,20,26H,4,11-12H2. The van der Waals surface area contributed by atoms with E-state index in [9.17, 15) is 4.21 Å². The SMILES string of the molecule is O=S(NC(c1nc2cccnc2s1)c1ccccc1Cl)c1ccc2c(c1)OCCCO2. The average molecular weight is 472 g/mol. The number of thiazole rings is 1. The Kier molecular flexibility index (Phi) is 5.87. The number of pyridine rings is 1. The third kappa shape index (κ3) is 4.29. The van der Waals surface area contributed by atoms with Crippen molar-refractivity contribution in [1.82, 2.24) is 14.7 Å². The second-order valence-corrected chi connectivity index (χ2v) is 9.54. The van der Waals surface area contributed by atoms with Crippen LogP contribution in [-0.4, -0.2) is 27.4 Å². The number of aromatic nitrogens is 2. The molecule has 31 heavy (non-hydrogen) atoms. The first-order valence-electron chi connectivity index (χ1n) is 9.72. The van der Waals surface area contributed by atoms with E-state index in [0.717, 1.165) is 27.3 Å². The lowest BCUT2D eigenvalue weighted by molar-refractivity contribution is 0.297. The van der Waals surface area contributed by atoms with E-state index in [1.54, 1.807) is 24.4 Å². The lowest BCUT2D eigenvalue weighted by atomic mass is 10.1. The molecule has 2 atom stereocenters. The van der Waals surface area contributed by atoms with Gasteiger partial charge in [-0.05, 0) is 35.9 Å². The maximum absolute atomic E-state index is 13.3. The van der Waals surface area contributed by atoms with Crippen LogP contribution in [0.2, 0.25) is 5.02 Å². The molecule has 2 aromatic heterocycles. The van der Waals surface area contributed by atoms with Crippen LogP contribution in [0.25, 0.3) is 10.3 Å². The van der Waals surface area contributed by atoms with Gasteiger partial charge in [-0.15, -0.1) is 0 Å². The molecule has 1 aliphatic heterocycles. The van der Waals surface area contributed by atoms with Gasteiger partial charge in [0.25, 0.3) is 0 Å². The molecule has 3 heterocycles. The highest BCUT2D eigenvalue weighted by Crippen LogP contribution is 2.35. The summed E-state index contributed by atoms with van der Waals surface area (Å²) in [6.45, 7) is 1.17. The molecule has 0 aliphatic carbocycles. The summed E-state index contributed by atoms with van der Waals surface area (Å²) in [7, 11) is -1.55. The Balaban J connectivity index is 1.51. The van der Waals surface area contributed by atoms with Crippen LogP contribution in [0.1, 0.15) is 23.0 Å². The molecule has 1 N–H and O–H groups in total. The summed E-state index contributed by atoms with van der Waals surface area (Å²) in [6, 6.07) is 16.1. The number of benzene rings is 2. The Morgan fingerprint density at radius 2 is 1.90 bits per heavy atom. The zero-order valence-electron chi connectivity index (χ0n) is 16.3. The quantitative estimate of drug-likeness (QED) is 0.447. The number of halogens is 1. The van der Waals surface area contributed by atoms with Gasteiger partial charge in [-0.3, -0.25) is 0 Å². The number of rotatable bonds is 5. The number of fused-ring (bicyclic) bond motifs is 2. The van der Waals surface area contributed by atoms with Crippen LogP contribution in [0.5, 0.6) is 11.5 Å². The maximum Gasteiger partial charge on any atom is 0.162 e. The van der Waals surface area contributed by atoms with E-state index in [1.165, 1.54) is 11.3 Å². The smallest absolute Gasteiger partial charge is 0.162 e. The van der Waals surface area contributed by atoms with E-state index in [2.05, 4.69) is 9.71 Å². The number of hydrogen-bond acceptors (Lipinski definition) is 6. The fourth-order valence-electron chi connectivity index (χ4n) is 3.30. The molecule has 0 amide bonds. The normalized spacial score (nSPS) is 15.4. The maximum atomic E-state index is 13.3. The van der Waals surface area contributed by atoms with Crippen molar-refractivity contribution in [1.29, 1.82) is 0 Å². The molecule has 0 saturated heterocycles. The molecule has 1 aliphatic rings. The van der Waals surface area contributed by atoms with Crippen LogP contribution >= 0.6 is 22.9 Å². The molecule has 0 bridgehead atoms. The van der Waals surface area contributed by atoms with Crippen LogP contribution < -0.4 is 14.2 Å². The van der Waals surface area contributed by atoms with Gasteiger partial charge in [-0.2, -0.15) is 0 Å². The molecule has 158 valence electrons. The van der Waals surface area contributed by atoms with E-state index < -0.39 is 17.0 Å². The highest BCUT2D eigenvalue weighted by atomic mass is 35.5. The molecule has 9 heteroatoms. The van der Waals surface area contributed by atoms with Gasteiger partial charge in [0.05, 0.1) is 24.2 Å². The molecule has 5 rings (SSSR count). The van der Waals surface area contributed by atoms with Crippen molar-refractivity contribution in [3.05, 3.63) is 76.4 Å². The van der Waals surface area contributed by atoms with Crippen LogP contribution in [0, 0.1) is 0 Å². The summed E-state index contributed by atoms with van der Waals surface area (Å²) >= 11 is 7.94. The molecule has 2 aromatic carbocycles. The van der Waals surface area contributed by atoms with Crippen molar-refractivity contribution in [2.24, 2.45) is 0 Å². The predicted octanol–water partition coefficient (Wildman–Crippen LogP) is 4.91. The fourth-order valence-corrected chi connectivity index (χ4v) is 5.59. The first-order valence-corrected chi connectivity index (χ1v) is 12.1. The van der Waals surface area contributed by atoms with Crippen molar-refractivity contribution in [3.63, 3.8) is 0 Å². The summed E-state index contributed by atoms with van der Waals surface area (Å²) in [5, 5.41) is 1.31. The summed E-state index contributed by atoms with van der Waals surface area (Å²) in [5.74, 6) is 1.27. The van der Waals surface area contributed by atoms with Crippen molar-refractivity contribution in [3.8, 4) is 11.5 Å². The molecule has 0 saturated carbocycles. The Morgan fingerprint density at radius 3 is 2.74 bits per heavy atom. The Hall–Kier alpha value is -2.52. The zero-order chi connectivity index (χ0) is 21.2.